The molecule has 146 valence electrons. The van der Waals surface area contributed by atoms with Crippen LogP contribution in [0.25, 0.3) is 0 Å². The number of nitrogens with one attached hydrogen (secondary N) is 1. The Balaban J connectivity index is 1.38. The van der Waals surface area contributed by atoms with Crippen LogP contribution in [0.4, 0.5) is 0 Å². The van der Waals surface area contributed by atoms with E-state index in [1.807, 2.05) is 26.0 Å². The van der Waals surface area contributed by atoms with Gasteiger partial charge in [0.2, 0.25) is 17.7 Å². The quantitative estimate of drug-likeness (QED) is 0.589. The van der Waals surface area contributed by atoms with E-state index in [1.165, 1.54) is 10.5 Å². The maximum atomic E-state index is 12.4. The number of nitrogens with zero attached hydrogens (tertiary/aromatic N) is 1. The molecule has 27 heavy (non-hydrogen) atoms. The van der Waals surface area contributed by atoms with Crippen LogP contribution in [0, 0.1) is 25.7 Å². The Morgan fingerprint density at radius 1 is 1.15 bits per heavy atom. The minimum atomic E-state index is -0.172. The normalized spacial score (nSPS) is 21.9. The van der Waals surface area contributed by atoms with E-state index >= 15 is 0 Å². The van der Waals surface area contributed by atoms with Crippen LogP contribution in [-0.4, -0.2) is 42.3 Å². The Hall–Kier alpha value is -2.37. The van der Waals surface area contributed by atoms with Gasteiger partial charge in [0, 0.05) is 13.0 Å². The number of likely N-dealkylation sites (tertiary alicyclic amines) is 1. The highest BCUT2D eigenvalue weighted by Crippen LogP contribution is 2.37. The highest BCUT2D eigenvalue weighted by atomic mass is 16.5. The molecular formula is C21H28N2O4. The summed E-state index contributed by atoms with van der Waals surface area (Å²) < 4.78 is 5.69. The molecule has 1 aromatic carbocycles. The highest BCUT2D eigenvalue weighted by molar-refractivity contribution is 6.05. The Bertz CT molecular complexity index is 707. The molecule has 2 unspecified atom stereocenters. The highest BCUT2D eigenvalue weighted by Gasteiger charge is 2.47. The Morgan fingerprint density at radius 3 is 2.44 bits per heavy atom. The number of imide groups is 1. The van der Waals surface area contributed by atoms with Gasteiger partial charge in [-0.25, -0.2) is 0 Å². The summed E-state index contributed by atoms with van der Waals surface area (Å²) in [6, 6.07) is 5.97. The van der Waals surface area contributed by atoms with Crippen LogP contribution in [0.15, 0.2) is 18.2 Å². The molecule has 3 rings (SSSR count). The van der Waals surface area contributed by atoms with E-state index in [9.17, 15) is 14.4 Å². The number of benzene rings is 1. The smallest absolute Gasteiger partial charge is 0.233 e. The molecule has 2 atom stereocenters. The molecule has 0 radical (unpaired) electrons. The lowest BCUT2D eigenvalue weighted by molar-refractivity contribution is -0.140. The fraction of sp³-hybridized carbons (Fsp3) is 0.571. The van der Waals surface area contributed by atoms with Crippen molar-refractivity contribution in [3.05, 3.63) is 29.3 Å². The molecule has 2 aliphatic rings. The number of aryl methyl sites for hydroxylation is 2. The van der Waals surface area contributed by atoms with Gasteiger partial charge in [-0.15, -0.1) is 0 Å². The van der Waals surface area contributed by atoms with E-state index in [-0.39, 0.29) is 42.5 Å². The van der Waals surface area contributed by atoms with Gasteiger partial charge >= 0.3 is 0 Å². The third-order valence-corrected chi connectivity index (χ3v) is 5.51. The van der Waals surface area contributed by atoms with Gasteiger partial charge in [-0.3, -0.25) is 19.3 Å². The van der Waals surface area contributed by atoms with Gasteiger partial charge < -0.3 is 10.1 Å². The van der Waals surface area contributed by atoms with Gasteiger partial charge in [0.15, 0.2) is 0 Å². The molecule has 1 saturated heterocycles. The van der Waals surface area contributed by atoms with Crippen molar-refractivity contribution in [1.82, 2.24) is 10.2 Å². The van der Waals surface area contributed by atoms with Gasteiger partial charge in [0.05, 0.1) is 18.4 Å². The molecule has 1 N–H and O–H groups in total. The number of hydrogen-bond acceptors (Lipinski definition) is 4. The van der Waals surface area contributed by atoms with Crippen LogP contribution in [-0.2, 0) is 14.4 Å². The average Bonchev–Trinajstić information content (AvgIpc) is 2.89. The van der Waals surface area contributed by atoms with E-state index in [2.05, 4.69) is 11.4 Å². The zero-order valence-corrected chi connectivity index (χ0v) is 16.1. The zero-order chi connectivity index (χ0) is 19.4. The second-order valence-electron chi connectivity index (χ2n) is 7.54. The number of ether oxygens (including phenoxy) is 1. The number of amides is 3. The predicted octanol–water partition coefficient (Wildman–Crippen LogP) is 2.36. The predicted molar refractivity (Wildman–Crippen MR) is 101 cm³/mol. The molecule has 6 heteroatoms. The molecule has 1 heterocycles. The molecule has 0 bridgehead atoms. The molecule has 2 fully saturated rings. The molecule has 3 amide bonds. The largest absolute Gasteiger partial charge is 0.491 e. The third kappa shape index (κ3) is 4.49. The summed E-state index contributed by atoms with van der Waals surface area (Å²) in [7, 11) is 0. The second-order valence-corrected chi connectivity index (χ2v) is 7.54. The van der Waals surface area contributed by atoms with E-state index in [0.717, 1.165) is 37.0 Å². The van der Waals surface area contributed by atoms with E-state index < -0.39 is 0 Å². The molecule has 6 nitrogen and oxygen atoms in total. The lowest BCUT2D eigenvalue weighted by atomic mass is 9.81. The van der Waals surface area contributed by atoms with Crippen molar-refractivity contribution in [3.63, 3.8) is 0 Å². The Kier molecular flexibility index (Phi) is 6.14. The first-order chi connectivity index (χ1) is 13.0. The minimum absolute atomic E-state index is 0.0873. The van der Waals surface area contributed by atoms with Gasteiger partial charge in [0.1, 0.15) is 12.4 Å². The van der Waals surface area contributed by atoms with Crippen molar-refractivity contribution >= 4 is 17.7 Å². The third-order valence-electron chi connectivity index (χ3n) is 5.51. The SMILES string of the molecule is Cc1ccc(OCCNC(=O)CCN2C(=O)C3CCCCC3C2=O)c(C)c1. The Labute approximate surface area is 160 Å². The van der Waals surface area contributed by atoms with Crippen molar-refractivity contribution in [3.8, 4) is 5.75 Å². The lowest BCUT2D eigenvalue weighted by Crippen LogP contribution is -2.36. The van der Waals surface area contributed by atoms with Crippen molar-refractivity contribution in [2.75, 3.05) is 19.7 Å². The minimum Gasteiger partial charge on any atom is -0.491 e. The van der Waals surface area contributed by atoms with Crippen LogP contribution in [0.1, 0.15) is 43.2 Å². The van der Waals surface area contributed by atoms with Crippen molar-refractivity contribution < 1.29 is 19.1 Å². The maximum Gasteiger partial charge on any atom is 0.233 e. The maximum absolute atomic E-state index is 12.4. The standard InChI is InChI=1S/C21H28N2O4/c1-14-7-8-18(15(2)13-14)27-12-10-22-19(24)9-11-23-20(25)16-5-3-4-6-17(16)21(23)26/h7-8,13,16-17H,3-6,9-12H2,1-2H3,(H,22,24). The van der Waals surface area contributed by atoms with Gasteiger partial charge in [-0.1, -0.05) is 30.5 Å². The van der Waals surface area contributed by atoms with Crippen LogP contribution < -0.4 is 10.1 Å². The summed E-state index contributed by atoms with van der Waals surface area (Å²) in [4.78, 5) is 38.1. The molecule has 1 saturated carbocycles. The van der Waals surface area contributed by atoms with Crippen molar-refractivity contribution in [2.24, 2.45) is 11.8 Å². The summed E-state index contributed by atoms with van der Waals surface area (Å²) in [5.74, 6) is 0.160. The first-order valence-electron chi connectivity index (χ1n) is 9.79. The van der Waals surface area contributed by atoms with Gasteiger partial charge in [-0.05, 0) is 38.3 Å². The van der Waals surface area contributed by atoms with Crippen LogP contribution in [0.3, 0.4) is 0 Å². The summed E-state index contributed by atoms with van der Waals surface area (Å²) in [6.07, 6.45) is 3.76. The fourth-order valence-electron chi connectivity index (χ4n) is 4.07. The van der Waals surface area contributed by atoms with E-state index in [4.69, 9.17) is 4.74 Å². The number of carbonyl (C=O) groups excluding carboxylic acids is 3. The number of fused-ring (bicyclic) bond motifs is 1. The van der Waals surface area contributed by atoms with E-state index in [0.29, 0.717) is 13.2 Å². The first kappa shape index (κ1) is 19.4. The number of hydrogen-bond donors (Lipinski definition) is 1. The second kappa shape index (κ2) is 8.55. The molecule has 0 spiro atoms. The summed E-state index contributed by atoms with van der Waals surface area (Å²) in [5.41, 5.74) is 2.24. The fourth-order valence-corrected chi connectivity index (χ4v) is 4.07. The van der Waals surface area contributed by atoms with Crippen LogP contribution in [0.5, 0.6) is 5.75 Å². The molecular weight excluding hydrogens is 344 g/mol. The summed E-state index contributed by atoms with van der Waals surface area (Å²) >= 11 is 0. The van der Waals surface area contributed by atoms with Crippen LogP contribution >= 0.6 is 0 Å². The molecule has 1 aromatic rings. The van der Waals surface area contributed by atoms with E-state index in [1.54, 1.807) is 0 Å². The zero-order valence-electron chi connectivity index (χ0n) is 16.1. The number of carbonyl (C=O) groups is 3. The summed E-state index contributed by atoms with van der Waals surface area (Å²) in [6.45, 7) is 4.96. The topological polar surface area (TPSA) is 75.7 Å². The van der Waals surface area contributed by atoms with Crippen molar-refractivity contribution in [1.29, 1.82) is 0 Å². The van der Waals surface area contributed by atoms with Crippen LogP contribution in [0.2, 0.25) is 0 Å². The Morgan fingerprint density at radius 2 is 1.81 bits per heavy atom. The first-order valence-corrected chi connectivity index (χ1v) is 9.79. The molecule has 1 aliphatic heterocycles. The van der Waals surface area contributed by atoms with Gasteiger partial charge in [-0.2, -0.15) is 0 Å². The molecule has 0 aromatic heterocycles. The lowest BCUT2D eigenvalue weighted by Gasteiger charge is -2.19. The summed E-state index contributed by atoms with van der Waals surface area (Å²) in [5, 5.41) is 2.79. The molecule has 1 aliphatic carbocycles. The monoisotopic (exact) mass is 372 g/mol. The van der Waals surface area contributed by atoms with Gasteiger partial charge in [0.25, 0.3) is 0 Å². The number of rotatable bonds is 7. The van der Waals surface area contributed by atoms with Crippen molar-refractivity contribution in [2.45, 2.75) is 46.0 Å². The average molecular weight is 372 g/mol.